The third kappa shape index (κ3) is 8.22. The van der Waals surface area contributed by atoms with E-state index in [4.69, 9.17) is 4.74 Å². The molecular weight excluding hydrogens is 485 g/mol. The van der Waals surface area contributed by atoms with Gasteiger partial charge in [0.1, 0.15) is 24.2 Å². The van der Waals surface area contributed by atoms with Crippen molar-refractivity contribution in [1.82, 2.24) is 10.2 Å². The van der Waals surface area contributed by atoms with Crippen LogP contribution in [0.15, 0.2) is 48.5 Å². The van der Waals surface area contributed by atoms with Crippen LogP contribution in [-0.2, 0) is 26.2 Å². The predicted octanol–water partition coefficient (Wildman–Crippen LogP) is 3.71. The lowest BCUT2D eigenvalue weighted by atomic mass is 10.1. The van der Waals surface area contributed by atoms with Crippen molar-refractivity contribution < 1.29 is 27.1 Å². The molecule has 198 valence electrons. The standard InChI is InChI=1S/C26H36FN3O5S/c1-6-19(4)28-26(32)24(7-2)29(17-20-9-11-21(27)12-10-20)25(31)18-30(36(5,33)34)22-13-15-23(16-14-22)35-8-3/h9-16,19,24H,6-8,17-18H2,1-5H3,(H,28,32)/t19-,24-/m0/s1. The first-order chi connectivity index (χ1) is 17.0. The second-order valence-corrected chi connectivity index (χ2v) is 10.5. The van der Waals surface area contributed by atoms with E-state index in [0.717, 1.165) is 10.6 Å². The summed E-state index contributed by atoms with van der Waals surface area (Å²) in [6, 6.07) is 11.1. The maximum atomic E-state index is 13.6. The molecule has 2 aromatic carbocycles. The number of nitrogens with one attached hydrogen (secondary N) is 1. The van der Waals surface area contributed by atoms with Crippen molar-refractivity contribution in [2.24, 2.45) is 0 Å². The average molecular weight is 522 g/mol. The molecule has 0 fully saturated rings. The van der Waals surface area contributed by atoms with Gasteiger partial charge in [-0.05, 0) is 68.7 Å². The van der Waals surface area contributed by atoms with E-state index in [1.54, 1.807) is 31.2 Å². The Bertz CT molecular complexity index is 1110. The van der Waals surface area contributed by atoms with E-state index in [1.807, 2.05) is 20.8 Å². The fourth-order valence-corrected chi connectivity index (χ4v) is 4.49. The van der Waals surface area contributed by atoms with Crippen LogP contribution in [0, 0.1) is 5.82 Å². The van der Waals surface area contributed by atoms with Crippen LogP contribution in [0.1, 0.15) is 46.1 Å². The van der Waals surface area contributed by atoms with Gasteiger partial charge in [-0.1, -0.05) is 26.0 Å². The molecule has 1 N–H and O–H groups in total. The molecule has 2 amide bonds. The summed E-state index contributed by atoms with van der Waals surface area (Å²) in [5.74, 6) is -0.720. The summed E-state index contributed by atoms with van der Waals surface area (Å²) >= 11 is 0. The monoisotopic (exact) mass is 521 g/mol. The van der Waals surface area contributed by atoms with E-state index >= 15 is 0 Å². The Labute approximate surface area is 213 Å². The lowest BCUT2D eigenvalue weighted by Gasteiger charge is -2.33. The van der Waals surface area contributed by atoms with Gasteiger partial charge >= 0.3 is 0 Å². The molecule has 2 aromatic rings. The number of benzene rings is 2. The van der Waals surface area contributed by atoms with Gasteiger partial charge < -0.3 is 15.0 Å². The van der Waals surface area contributed by atoms with Crippen LogP contribution >= 0.6 is 0 Å². The average Bonchev–Trinajstić information content (AvgIpc) is 2.83. The highest BCUT2D eigenvalue weighted by Gasteiger charge is 2.32. The zero-order valence-electron chi connectivity index (χ0n) is 21.5. The molecule has 0 aliphatic carbocycles. The van der Waals surface area contributed by atoms with Crippen LogP contribution in [0.4, 0.5) is 10.1 Å². The van der Waals surface area contributed by atoms with Crippen molar-refractivity contribution in [1.29, 1.82) is 0 Å². The number of anilines is 1. The topological polar surface area (TPSA) is 96.0 Å². The first-order valence-electron chi connectivity index (χ1n) is 12.0. The van der Waals surface area contributed by atoms with Gasteiger partial charge in [0.15, 0.2) is 0 Å². The van der Waals surface area contributed by atoms with Crippen molar-refractivity contribution in [3.8, 4) is 5.75 Å². The molecule has 0 spiro atoms. The molecule has 0 radical (unpaired) electrons. The molecule has 0 bridgehead atoms. The number of ether oxygens (including phenoxy) is 1. The largest absolute Gasteiger partial charge is 0.494 e. The maximum Gasteiger partial charge on any atom is 0.244 e. The minimum Gasteiger partial charge on any atom is -0.494 e. The summed E-state index contributed by atoms with van der Waals surface area (Å²) in [7, 11) is -3.83. The zero-order valence-corrected chi connectivity index (χ0v) is 22.3. The number of hydrogen-bond donors (Lipinski definition) is 1. The number of sulfonamides is 1. The van der Waals surface area contributed by atoms with E-state index in [9.17, 15) is 22.4 Å². The number of rotatable bonds is 13. The number of carbonyl (C=O) groups excluding carboxylic acids is 2. The number of hydrogen-bond acceptors (Lipinski definition) is 5. The highest BCUT2D eigenvalue weighted by molar-refractivity contribution is 7.92. The molecule has 0 heterocycles. The number of amides is 2. The highest BCUT2D eigenvalue weighted by atomic mass is 32.2. The predicted molar refractivity (Wildman–Crippen MR) is 139 cm³/mol. The van der Waals surface area contributed by atoms with Gasteiger partial charge in [-0.3, -0.25) is 13.9 Å². The zero-order chi connectivity index (χ0) is 26.9. The van der Waals surface area contributed by atoms with E-state index in [-0.39, 0.29) is 18.5 Å². The molecule has 0 unspecified atom stereocenters. The minimum atomic E-state index is -3.83. The van der Waals surface area contributed by atoms with E-state index < -0.39 is 34.3 Å². The second-order valence-electron chi connectivity index (χ2n) is 8.59. The molecule has 0 saturated heterocycles. The third-order valence-corrected chi connectivity index (χ3v) is 6.91. The first kappa shape index (κ1) is 29.1. The Morgan fingerprint density at radius 1 is 1.00 bits per heavy atom. The number of carbonyl (C=O) groups is 2. The summed E-state index contributed by atoms with van der Waals surface area (Å²) in [5, 5.41) is 2.91. The van der Waals surface area contributed by atoms with Crippen molar-refractivity contribution in [3.05, 3.63) is 59.9 Å². The quantitative estimate of drug-likeness (QED) is 0.434. The van der Waals surface area contributed by atoms with E-state index in [2.05, 4.69) is 5.32 Å². The Morgan fingerprint density at radius 3 is 2.11 bits per heavy atom. The van der Waals surface area contributed by atoms with Crippen LogP contribution in [0.2, 0.25) is 0 Å². The fraction of sp³-hybridized carbons (Fsp3) is 0.462. The Balaban J connectivity index is 2.41. The molecule has 10 heteroatoms. The van der Waals surface area contributed by atoms with Crippen LogP contribution in [-0.4, -0.2) is 56.6 Å². The Morgan fingerprint density at radius 2 is 1.61 bits per heavy atom. The smallest absolute Gasteiger partial charge is 0.244 e. The highest BCUT2D eigenvalue weighted by Crippen LogP contribution is 2.23. The van der Waals surface area contributed by atoms with Gasteiger partial charge in [0.2, 0.25) is 21.8 Å². The van der Waals surface area contributed by atoms with E-state index in [0.29, 0.717) is 36.4 Å². The van der Waals surface area contributed by atoms with Crippen molar-refractivity contribution in [3.63, 3.8) is 0 Å². The molecule has 0 aliphatic rings. The SMILES string of the molecule is CCOc1ccc(N(CC(=O)N(Cc2ccc(F)cc2)[C@@H](CC)C(=O)N[C@@H](C)CC)S(C)(=O)=O)cc1. The molecule has 36 heavy (non-hydrogen) atoms. The van der Waals surface area contributed by atoms with Crippen LogP contribution in [0.3, 0.4) is 0 Å². The Kier molecular flexibility index (Phi) is 10.7. The maximum absolute atomic E-state index is 13.6. The van der Waals surface area contributed by atoms with Crippen molar-refractivity contribution >= 4 is 27.5 Å². The molecule has 2 rings (SSSR count). The summed E-state index contributed by atoms with van der Waals surface area (Å²) in [4.78, 5) is 28.0. The lowest BCUT2D eigenvalue weighted by Crippen LogP contribution is -2.53. The van der Waals surface area contributed by atoms with Crippen LogP contribution in [0.25, 0.3) is 0 Å². The molecule has 0 aliphatic heterocycles. The third-order valence-electron chi connectivity index (χ3n) is 5.77. The van der Waals surface area contributed by atoms with Gasteiger partial charge in [-0.2, -0.15) is 0 Å². The molecular formula is C26H36FN3O5S. The van der Waals surface area contributed by atoms with Gasteiger partial charge in [-0.15, -0.1) is 0 Å². The molecule has 0 aromatic heterocycles. The lowest BCUT2D eigenvalue weighted by molar-refractivity contribution is -0.140. The van der Waals surface area contributed by atoms with Crippen LogP contribution < -0.4 is 14.4 Å². The minimum absolute atomic E-state index is 0.0203. The number of halogens is 1. The fourth-order valence-electron chi connectivity index (χ4n) is 3.64. The van der Waals surface area contributed by atoms with Gasteiger partial charge in [0, 0.05) is 12.6 Å². The normalized spacial score (nSPS) is 12.9. The first-order valence-corrected chi connectivity index (χ1v) is 13.9. The summed E-state index contributed by atoms with van der Waals surface area (Å²) in [5.41, 5.74) is 0.916. The molecule has 2 atom stereocenters. The van der Waals surface area contributed by atoms with Gasteiger partial charge in [-0.25, -0.2) is 12.8 Å². The summed E-state index contributed by atoms with van der Waals surface area (Å²) < 4.78 is 45.2. The second kappa shape index (κ2) is 13.2. The molecule has 0 saturated carbocycles. The van der Waals surface area contributed by atoms with Crippen molar-refractivity contribution in [2.45, 2.75) is 59.2 Å². The van der Waals surface area contributed by atoms with Gasteiger partial charge in [0.25, 0.3) is 0 Å². The number of nitrogens with zero attached hydrogens (tertiary/aromatic N) is 2. The summed E-state index contributed by atoms with van der Waals surface area (Å²) in [6.45, 7) is 7.41. The van der Waals surface area contributed by atoms with Gasteiger partial charge in [0.05, 0.1) is 18.6 Å². The van der Waals surface area contributed by atoms with Crippen LogP contribution in [0.5, 0.6) is 5.75 Å². The van der Waals surface area contributed by atoms with E-state index in [1.165, 1.54) is 29.2 Å². The van der Waals surface area contributed by atoms with Crippen molar-refractivity contribution in [2.75, 3.05) is 23.7 Å². The summed E-state index contributed by atoms with van der Waals surface area (Å²) in [6.07, 6.45) is 2.05. The molecule has 8 nitrogen and oxygen atoms in total. The Hall–Kier alpha value is -3.14.